The van der Waals surface area contributed by atoms with Crippen LogP contribution >= 0.6 is 0 Å². The Kier molecular flexibility index (Phi) is 115. The van der Waals surface area contributed by atoms with E-state index in [1.807, 2.05) is 0 Å². The third-order valence-corrected chi connectivity index (χ3v) is 0. The second kappa shape index (κ2) is 51.4. The fraction of sp³-hybridized carbons (Fsp3) is 0. The molecule has 0 spiro atoms. The summed E-state index contributed by atoms with van der Waals surface area (Å²) in [7, 11) is 0. The summed E-state index contributed by atoms with van der Waals surface area (Å²) < 4.78 is 0. The van der Waals surface area contributed by atoms with Gasteiger partial charge in [-0.05, 0) is 0 Å². The van der Waals surface area contributed by atoms with Crippen LogP contribution in [0.1, 0.15) is 0 Å². The minimum atomic E-state index is 0. The topological polar surface area (TPSA) is 71.4 Å². The molecule has 6 radical (unpaired) electrons. The summed E-state index contributed by atoms with van der Waals surface area (Å²) in [6, 6.07) is 0. The second-order valence-electron chi connectivity index (χ2n) is 0.274. The van der Waals surface area contributed by atoms with Gasteiger partial charge in [0.25, 0.3) is 0 Å². The molecule has 0 aliphatic carbocycles. The van der Waals surface area contributed by atoms with Gasteiger partial charge >= 0.3 is 78.7 Å². The average Bonchev–Trinajstić information content (AvgIpc) is 1.70. The summed E-state index contributed by atoms with van der Waals surface area (Å²) in [4.78, 5) is 4.88. The molecule has 0 heterocycles. The van der Waals surface area contributed by atoms with E-state index in [1.54, 1.807) is 14.9 Å². The van der Waals surface area contributed by atoms with E-state index in [0.717, 1.165) is 0 Å². The molecule has 0 atom stereocenters. The SMILES string of the molecule is N#C[Se].N#C[Se].N#C[Se].[Bi]. The Labute approximate surface area is 104 Å². The Balaban J connectivity index is -0.0000000257. The van der Waals surface area contributed by atoms with Crippen LogP contribution in [0, 0.1) is 30.7 Å². The third kappa shape index (κ3) is 671. The zero-order chi connectivity index (χ0) is 8.12. The van der Waals surface area contributed by atoms with Crippen LogP contribution in [-0.2, 0) is 0 Å². The first-order chi connectivity index (χ1) is 4.24. The largest absolute Gasteiger partial charge is 0 e. The van der Waals surface area contributed by atoms with Gasteiger partial charge in [-0.25, -0.2) is 0 Å². The van der Waals surface area contributed by atoms with Crippen molar-refractivity contribution in [2.24, 2.45) is 0 Å². The molecule has 10 heavy (non-hydrogen) atoms. The summed E-state index contributed by atoms with van der Waals surface area (Å²) >= 11 is 6.33. The quantitative estimate of drug-likeness (QED) is 0.364. The van der Waals surface area contributed by atoms with Crippen LogP contribution in [0.5, 0.6) is 0 Å². The minimum absolute atomic E-state index is 0. The van der Waals surface area contributed by atoms with Gasteiger partial charge in [0, 0.05) is 26.2 Å². The van der Waals surface area contributed by atoms with E-state index >= 15 is 0 Å². The number of rotatable bonds is 0. The molecule has 0 aliphatic heterocycles. The van der Waals surface area contributed by atoms with Crippen molar-refractivity contribution in [1.29, 1.82) is 15.8 Å². The van der Waals surface area contributed by atoms with Gasteiger partial charge in [-0.1, -0.05) is 0 Å². The van der Waals surface area contributed by atoms with Crippen molar-refractivity contribution in [1.82, 2.24) is 0 Å². The Hall–Kier alpha value is 0.912. The zero-order valence-electron chi connectivity index (χ0n) is 4.51. The maximum atomic E-state index is 7.26. The van der Waals surface area contributed by atoms with E-state index in [1.165, 1.54) is 0 Å². The molecule has 0 unspecified atom stereocenters. The fourth-order valence-electron chi connectivity index (χ4n) is 0. The van der Waals surface area contributed by atoms with Crippen LogP contribution < -0.4 is 0 Å². The Morgan fingerprint density at radius 1 is 0.700 bits per heavy atom. The molecule has 0 aliphatic rings. The molecule has 0 aromatic rings. The molecule has 0 rings (SSSR count). The number of nitriles is 3. The molecule has 50 valence electrons. The summed E-state index contributed by atoms with van der Waals surface area (Å²) in [5.41, 5.74) is 0. The molecule has 0 fully saturated rings. The fourth-order valence-corrected chi connectivity index (χ4v) is 0. The van der Waals surface area contributed by atoms with Gasteiger partial charge in [0.15, 0.2) is 0 Å². The Morgan fingerprint density at radius 3 is 0.700 bits per heavy atom. The molecular weight excluding hydrogens is 524 g/mol. The molecule has 0 aromatic heterocycles. The Morgan fingerprint density at radius 2 is 0.700 bits per heavy atom. The zero-order valence-corrected chi connectivity index (χ0v) is 13.1. The molecule has 0 bridgehead atoms. The van der Waals surface area contributed by atoms with Crippen molar-refractivity contribution in [2.45, 2.75) is 0 Å². The van der Waals surface area contributed by atoms with Gasteiger partial charge in [-0.3, -0.25) is 0 Å². The van der Waals surface area contributed by atoms with Crippen LogP contribution in [0.3, 0.4) is 0 Å². The molecule has 0 amide bonds. The number of hydrogen-bond donors (Lipinski definition) is 0. The van der Waals surface area contributed by atoms with Gasteiger partial charge in [-0.2, -0.15) is 0 Å². The summed E-state index contributed by atoms with van der Waals surface area (Å²) in [6.07, 6.45) is 0. The van der Waals surface area contributed by atoms with Gasteiger partial charge in [0.05, 0.1) is 0 Å². The van der Waals surface area contributed by atoms with Crippen molar-refractivity contribution in [3.8, 4) is 14.9 Å². The van der Waals surface area contributed by atoms with Crippen molar-refractivity contribution >= 4 is 74.2 Å². The first-order valence-electron chi connectivity index (χ1n) is 1.28. The summed E-state index contributed by atoms with van der Waals surface area (Å²) in [5, 5.41) is 21.8. The number of nitrogens with zero attached hydrogens (tertiary/aromatic N) is 3. The molecule has 0 saturated heterocycles. The van der Waals surface area contributed by atoms with E-state index < -0.39 is 0 Å². The van der Waals surface area contributed by atoms with Crippen LogP contribution in [0.15, 0.2) is 0 Å². The Bertz CT molecular complexity index is 112. The van der Waals surface area contributed by atoms with Crippen LogP contribution in [0.4, 0.5) is 0 Å². The third-order valence-electron chi connectivity index (χ3n) is 0. The standard InChI is InChI=1S/3CNSe.Bi/c3*2-1-3;. The molecule has 0 aromatic carbocycles. The van der Waals surface area contributed by atoms with E-state index in [0.29, 0.717) is 0 Å². The van der Waals surface area contributed by atoms with Crippen LogP contribution in [0.2, 0.25) is 0 Å². The van der Waals surface area contributed by atoms with E-state index in [2.05, 4.69) is 48.0 Å². The van der Waals surface area contributed by atoms with E-state index in [-0.39, 0.29) is 26.2 Å². The predicted octanol–water partition coefficient (Wildman–Crippen LogP) is -1.47. The molecular formula is C3BiN3Se3. The maximum Gasteiger partial charge on any atom is 0 e. The van der Waals surface area contributed by atoms with Gasteiger partial charge in [0.2, 0.25) is 0 Å². The summed E-state index contributed by atoms with van der Waals surface area (Å²) in [5.74, 6) is 0. The smallest absolute Gasteiger partial charge is 0 e. The van der Waals surface area contributed by atoms with E-state index in [9.17, 15) is 0 Å². The van der Waals surface area contributed by atoms with E-state index in [4.69, 9.17) is 15.8 Å². The molecule has 0 saturated carbocycles. The van der Waals surface area contributed by atoms with Crippen molar-refractivity contribution in [3.05, 3.63) is 0 Å². The first-order valence-corrected chi connectivity index (χ1v) is 3.85. The monoisotopic (exact) mass is 527 g/mol. The van der Waals surface area contributed by atoms with Crippen molar-refractivity contribution < 1.29 is 0 Å². The number of hydrogen-bond acceptors (Lipinski definition) is 3. The first kappa shape index (κ1) is 22.4. The van der Waals surface area contributed by atoms with Gasteiger partial charge in [0.1, 0.15) is 0 Å². The second-order valence-corrected chi connectivity index (χ2v) is 1.42. The van der Waals surface area contributed by atoms with Gasteiger partial charge < -0.3 is 0 Å². The van der Waals surface area contributed by atoms with Crippen molar-refractivity contribution in [2.75, 3.05) is 0 Å². The maximum absolute atomic E-state index is 7.26. The summed E-state index contributed by atoms with van der Waals surface area (Å²) in [6.45, 7) is 0. The molecule has 7 heteroatoms. The minimum Gasteiger partial charge on any atom is 0 e. The molecule has 3 nitrogen and oxygen atoms in total. The normalized spacial score (nSPS) is 2.10. The van der Waals surface area contributed by atoms with Gasteiger partial charge in [-0.15, -0.1) is 0 Å². The van der Waals surface area contributed by atoms with Crippen LogP contribution in [-0.4, -0.2) is 74.2 Å². The van der Waals surface area contributed by atoms with Crippen LogP contribution in [0.25, 0.3) is 0 Å². The average molecular weight is 524 g/mol. The molecule has 0 N–H and O–H groups in total. The van der Waals surface area contributed by atoms with Crippen molar-refractivity contribution in [3.63, 3.8) is 0 Å². The predicted molar refractivity (Wildman–Crippen MR) is 39.9 cm³/mol.